The number of nitro groups is 1. The SMILES string of the molecule is CNCCN(C)C(=O)c1ccc2c(c1)NC(=O)CC(c1ccc(C)cc1)N2C(=O)c1ccc([N+](=O)[O-])cc1. The number of carbonyl (C=O) groups excluding carboxylic acids is 3. The Labute approximate surface area is 220 Å². The Hall–Kier alpha value is -4.57. The zero-order chi connectivity index (χ0) is 27.4. The second-order valence-electron chi connectivity index (χ2n) is 9.22. The number of anilines is 2. The van der Waals surface area contributed by atoms with Crippen LogP contribution >= 0.6 is 0 Å². The van der Waals surface area contributed by atoms with Gasteiger partial charge in [0.1, 0.15) is 0 Å². The first-order valence-electron chi connectivity index (χ1n) is 12.2. The van der Waals surface area contributed by atoms with Crippen molar-refractivity contribution in [2.24, 2.45) is 0 Å². The molecule has 4 rings (SSSR count). The van der Waals surface area contributed by atoms with Crippen LogP contribution in [0.3, 0.4) is 0 Å². The number of likely N-dealkylation sites (N-methyl/N-ethyl adjacent to an activating group) is 2. The van der Waals surface area contributed by atoms with Crippen molar-refractivity contribution in [1.29, 1.82) is 0 Å². The van der Waals surface area contributed by atoms with Gasteiger partial charge < -0.3 is 15.5 Å². The standard InChI is InChI=1S/C28H29N5O5/c1-18-4-6-19(7-5-18)25-17-26(34)30-23-16-21(27(35)31(3)15-14-29-2)10-13-24(23)32(25)28(36)20-8-11-22(12-9-20)33(37)38/h4-13,16,25,29H,14-15,17H2,1-3H3,(H,30,34). The number of amides is 3. The van der Waals surface area contributed by atoms with E-state index in [0.29, 0.717) is 30.0 Å². The molecule has 0 aliphatic carbocycles. The maximum atomic E-state index is 13.9. The van der Waals surface area contributed by atoms with Crippen molar-refractivity contribution in [3.8, 4) is 0 Å². The fraction of sp³-hybridized carbons (Fsp3) is 0.250. The molecule has 1 atom stereocenters. The van der Waals surface area contributed by atoms with E-state index in [0.717, 1.165) is 11.1 Å². The van der Waals surface area contributed by atoms with Crippen LogP contribution in [0.4, 0.5) is 17.1 Å². The zero-order valence-electron chi connectivity index (χ0n) is 21.4. The second kappa shape index (κ2) is 11.2. The summed E-state index contributed by atoms with van der Waals surface area (Å²) >= 11 is 0. The van der Waals surface area contributed by atoms with Crippen LogP contribution in [0.25, 0.3) is 0 Å². The number of carbonyl (C=O) groups is 3. The third kappa shape index (κ3) is 5.55. The van der Waals surface area contributed by atoms with Crippen LogP contribution in [-0.2, 0) is 4.79 Å². The van der Waals surface area contributed by atoms with E-state index < -0.39 is 16.9 Å². The zero-order valence-corrected chi connectivity index (χ0v) is 21.4. The molecule has 0 fully saturated rings. The topological polar surface area (TPSA) is 125 Å². The minimum Gasteiger partial charge on any atom is -0.340 e. The Balaban J connectivity index is 1.81. The molecule has 0 spiro atoms. The third-order valence-corrected chi connectivity index (χ3v) is 6.52. The molecule has 0 bridgehead atoms. The Kier molecular flexibility index (Phi) is 7.82. The molecule has 38 heavy (non-hydrogen) atoms. The molecule has 2 N–H and O–H groups in total. The van der Waals surface area contributed by atoms with E-state index in [9.17, 15) is 24.5 Å². The van der Waals surface area contributed by atoms with Gasteiger partial charge in [0.25, 0.3) is 17.5 Å². The summed E-state index contributed by atoms with van der Waals surface area (Å²) in [4.78, 5) is 53.7. The van der Waals surface area contributed by atoms with Crippen LogP contribution in [0.5, 0.6) is 0 Å². The summed E-state index contributed by atoms with van der Waals surface area (Å²) in [7, 11) is 3.50. The number of non-ortho nitro benzene ring substituents is 1. The molecule has 10 nitrogen and oxygen atoms in total. The summed E-state index contributed by atoms with van der Waals surface area (Å²) in [5, 5.41) is 17.0. The van der Waals surface area contributed by atoms with E-state index in [1.54, 1.807) is 37.2 Å². The van der Waals surface area contributed by atoms with Crippen LogP contribution in [-0.4, -0.2) is 54.7 Å². The van der Waals surface area contributed by atoms with Crippen molar-refractivity contribution in [2.45, 2.75) is 19.4 Å². The summed E-state index contributed by atoms with van der Waals surface area (Å²) < 4.78 is 0. The van der Waals surface area contributed by atoms with E-state index in [1.165, 1.54) is 29.2 Å². The van der Waals surface area contributed by atoms with Crippen molar-refractivity contribution < 1.29 is 19.3 Å². The maximum Gasteiger partial charge on any atom is 0.269 e. The second-order valence-corrected chi connectivity index (χ2v) is 9.22. The highest BCUT2D eigenvalue weighted by Gasteiger charge is 2.35. The molecule has 0 radical (unpaired) electrons. The highest BCUT2D eigenvalue weighted by Crippen LogP contribution is 2.40. The lowest BCUT2D eigenvalue weighted by molar-refractivity contribution is -0.384. The maximum absolute atomic E-state index is 13.9. The van der Waals surface area contributed by atoms with E-state index in [1.807, 2.05) is 31.2 Å². The van der Waals surface area contributed by atoms with Crippen LogP contribution in [0.2, 0.25) is 0 Å². The van der Waals surface area contributed by atoms with E-state index in [4.69, 9.17) is 0 Å². The lowest BCUT2D eigenvalue weighted by atomic mass is 9.98. The van der Waals surface area contributed by atoms with E-state index in [-0.39, 0.29) is 29.5 Å². The number of aryl methyl sites for hydroxylation is 1. The predicted molar refractivity (Wildman–Crippen MR) is 144 cm³/mol. The average molecular weight is 516 g/mol. The number of hydrogen-bond donors (Lipinski definition) is 2. The van der Waals surface area contributed by atoms with Gasteiger partial charge in [-0.15, -0.1) is 0 Å². The Morgan fingerprint density at radius 3 is 2.37 bits per heavy atom. The molecule has 3 amide bonds. The lowest BCUT2D eigenvalue weighted by Crippen LogP contribution is -2.35. The summed E-state index contributed by atoms with van der Waals surface area (Å²) in [6.07, 6.45) is -0.0121. The summed E-state index contributed by atoms with van der Waals surface area (Å²) in [5.74, 6) is -0.942. The number of nitro benzene ring substituents is 1. The van der Waals surface area contributed by atoms with Gasteiger partial charge in [0.15, 0.2) is 0 Å². The predicted octanol–water partition coefficient (Wildman–Crippen LogP) is 3.92. The number of benzene rings is 3. The molecule has 1 heterocycles. The number of nitrogens with zero attached hydrogens (tertiary/aromatic N) is 3. The van der Waals surface area contributed by atoms with Crippen molar-refractivity contribution in [3.05, 3.63) is 99.1 Å². The van der Waals surface area contributed by atoms with Crippen molar-refractivity contribution in [2.75, 3.05) is 37.4 Å². The monoisotopic (exact) mass is 515 g/mol. The average Bonchev–Trinajstić information content (AvgIpc) is 3.06. The molecule has 10 heteroatoms. The third-order valence-electron chi connectivity index (χ3n) is 6.52. The molecule has 3 aromatic rings. The minimum absolute atomic E-state index is 0.0121. The van der Waals surface area contributed by atoms with Gasteiger partial charge >= 0.3 is 0 Å². The Bertz CT molecular complexity index is 1370. The first kappa shape index (κ1) is 26.5. The van der Waals surface area contributed by atoms with Gasteiger partial charge in [-0.3, -0.25) is 29.4 Å². The highest BCUT2D eigenvalue weighted by atomic mass is 16.6. The molecule has 1 aliphatic rings. The molecular weight excluding hydrogens is 486 g/mol. The number of nitrogens with one attached hydrogen (secondary N) is 2. The number of rotatable bonds is 7. The smallest absolute Gasteiger partial charge is 0.269 e. The highest BCUT2D eigenvalue weighted by molar-refractivity contribution is 6.12. The normalized spacial score (nSPS) is 14.8. The van der Waals surface area contributed by atoms with Gasteiger partial charge in [0.05, 0.1) is 28.8 Å². The largest absolute Gasteiger partial charge is 0.340 e. The van der Waals surface area contributed by atoms with Crippen LogP contribution in [0, 0.1) is 17.0 Å². The molecule has 3 aromatic carbocycles. The van der Waals surface area contributed by atoms with Crippen LogP contribution < -0.4 is 15.5 Å². The van der Waals surface area contributed by atoms with Gasteiger partial charge in [-0.05, 0) is 49.9 Å². The fourth-order valence-corrected chi connectivity index (χ4v) is 4.39. The Morgan fingerprint density at radius 1 is 1.08 bits per heavy atom. The van der Waals surface area contributed by atoms with E-state index >= 15 is 0 Å². The molecule has 0 saturated heterocycles. The summed E-state index contributed by atoms with van der Waals surface area (Å²) in [6.45, 7) is 3.07. The summed E-state index contributed by atoms with van der Waals surface area (Å²) in [6, 6.07) is 17.2. The summed E-state index contributed by atoms with van der Waals surface area (Å²) in [5.41, 5.74) is 3.05. The van der Waals surface area contributed by atoms with Gasteiger partial charge in [-0.1, -0.05) is 29.8 Å². The molecular formula is C28H29N5O5. The molecule has 1 aliphatic heterocycles. The van der Waals surface area contributed by atoms with Crippen molar-refractivity contribution >= 4 is 34.8 Å². The number of fused-ring (bicyclic) bond motifs is 1. The van der Waals surface area contributed by atoms with E-state index in [2.05, 4.69) is 10.6 Å². The van der Waals surface area contributed by atoms with Gasteiger partial charge in [-0.2, -0.15) is 0 Å². The van der Waals surface area contributed by atoms with Crippen molar-refractivity contribution in [3.63, 3.8) is 0 Å². The molecule has 1 unspecified atom stereocenters. The molecule has 0 aromatic heterocycles. The quantitative estimate of drug-likeness (QED) is 0.363. The minimum atomic E-state index is -0.639. The van der Waals surface area contributed by atoms with Gasteiger partial charge in [0.2, 0.25) is 5.91 Å². The van der Waals surface area contributed by atoms with Gasteiger partial charge in [-0.25, -0.2) is 0 Å². The van der Waals surface area contributed by atoms with Crippen molar-refractivity contribution in [1.82, 2.24) is 10.2 Å². The first-order chi connectivity index (χ1) is 18.2. The number of hydrogen-bond acceptors (Lipinski definition) is 6. The molecule has 0 saturated carbocycles. The van der Waals surface area contributed by atoms with Crippen LogP contribution in [0.1, 0.15) is 44.3 Å². The lowest BCUT2D eigenvalue weighted by Gasteiger charge is -2.31. The first-order valence-corrected chi connectivity index (χ1v) is 12.2. The fourth-order valence-electron chi connectivity index (χ4n) is 4.39. The van der Waals surface area contributed by atoms with Crippen LogP contribution in [0.15, 0.2) is 66.7 Å². The molecule has 196 valence electrons. The Morgan fingerprint density at radius 2 is 1.74 bits per heavy atom. The van der Waals surface area contributed by atoms with Gasteiger partial charge in [0, 0.05) is 43.4 Å².